The zero-order chi connectivity index (χ0) is 17.5. The summed E-state index contributed by atoms with van der Waals surface area (Å²) in [5, 5.41) is 12.7. The first-order valence-corrected chi connectivity index (χ1v) is 8.64. The van der Waals surface area contributed by atoms with Gasteiger partial charge in [0.1, 0.15) is 0 Å². The summed E-state index contributed by atoms with van der Waals surface area (Å²) < 4.78 is 12.0. The monoisotopic (exact) mass is 331 g/mol. The van der Waals surface area contributed by atoms with Gasteiger partial charge in [-0.3, -0.25) is 4.79 Å². The van der Waals surface area contributed by atoms with Gasteiger partial charge in [0.05, 0.1) is 23.3 Å². The smallest absolute Gasteiger partial charge is 0.399 e. The molecule has 1 amide bonds. The Morgan fingerprint density at radius 1 is 1.12 bits per heavy atom. The maximum atomic E-state index is 12.3. The summed E-state index contributed by atoms with van der Waals surface area (Å²) >= 11 is 0. The van der Waals surface area contributed by atoms with Crippen molar-refractivity contribution >= 4 is 18.5 Å². The van der Waals surface area contributed by atoms with Crippen LogP contribution >= 0.6 is 0 Å². The molecule has 3 rings (SSSR count). The molecule has 2 aliphatic rings. The predicted molar refractivity (Wildman–Crippen MR) is 93.3 cm³/mol. The van der Waals surface area contributed by atoms with Crippen molar-refractivity contribution in [3.63, 3.8) is 0 Å². The van der Waals surface area contributed by atoms with Gasteiger partial charge in [-0.15, -0.1) is 0 Å². The Morgan fingerprint density at radius 3 is 2.21 bits per heavy atom. The molecule has 24 heavy (non-hydrogen) atoms. The minimum absolute atomic E-state index is 0.139. The van der Waals surface area contributed by atoms with Crippen LogP contribution in [0.1, 0.15) is 57.3 Å². The Morgan fingerprint density at radius 2 is 1.71 bits per heavy atom. The van der Waals surface area contributed by atoms with Gasteiger partial charge in [0.25, 0.3) is 5.91 Å². The predicted octanol–water partition coefficient (Wildman–Crippen LogP) is 1.63. The van der Waals surface area contributed by atoms with E-state index in [0.29, 0.717) is 5.56 Å². The number of aliphatic hydroxyl groups is 1. The molecule has 1 aromatic carbocycles. The molecule has 2 N–H and O–H groups in total. The molecule has 2 atom stereocenters. The summed E-state index contributed by atoms with van der Waals surface area (Å²) in [6, 6.07) is 7.14. The fraction of sp³-hybridized carbons (Fsp3) is 0.611. The molecule has 5 nitrogen and oxygen atoms in total. The lowest BCUT2D eigenvalue weighted by molar-refractivity contribution is 0.00578. The molecule has 1 aliphatic heterocycles. The highest BCUT2D eigenvalue weighted by atomic mass is 16.7. The van der Waals surface area contributed by atoms with Crippen LogP contribution in [0.2, 0.25) is 0 Å². The van der Waals surface area contributed by atoms with Crippen molar-refractivity contribution < 1.29 is 19.2 Å². The molecule has 0 spiro atoms. The van der Waals surface area contributed by atoms with E-state index in [2.05, 4.69) is 5.32 Å². The molecule has 6 heteroatoms. The van der Waals surface area contributed by atoms with Gasteiger partial charge in [-0.2, -0.15) is 0 Å². The van der Waals surface area contributed by atoms with Gasteiger partial charge in [0.15, 0.2) is 0 Å². The van der Waals surface area contributed by atoms with Crippen molar-refractivity contribution in [1.29, 1.82) is 0 Å². The Kier molecular flexibility index (Phi) is 4.49. The van der Waals surface area contributed by atoms with Crippen LogP contribution in [0.4, 0.5) is 0 Å². The number of hydrogen-bond donors (Lipinski definition) is 2. The maximum Gasteiger partial charge on any atom is 0.494 e. The Hall–Kier alpha value is -1.37. The second-order valence-electron chi connectivity index (χ2n) is 7.79. The molecule has 130 valence electrons. The van der Waals surface area contributed by atoms with E-state index in [4.69, 9.17) is 9.31 Å². The zero-order valence-corrected chi connectivity index (χ0v) is 14.8. The highest BCUT2D eigenvalue weighted by Gasteiger charge is 2.51. The number of amides is 1. The van der Waals surface area contributed by atoms with E-state index in [1.165, 1.54) is 0 Å². The van der Waals surface area contributed by atoms with Crippen molar-refractivity contribution in [2.45, 2.75) is 70.3 Å². The lowest BCUT2D eigenvalue weighted by Gasteiger charge is -2.32. The average Bonchev–Trinajstić information content (AvgIpc) is 3.00. The standard InChI is InChI=1S/C18H26BNO4/c1-17(2)18(3,4)24-19(23-17)13-10-8-12(9-11-13)16(22)20-14-6-5-7-15(14)21/h8-11,14-15,21H,5-7H2,1-4H3,(H,20,22)/t14-,15-/m1/s1. The fourth-order valence-corrected chi connectivity index (χ4v) is 3.13. The zero-order valence-electron chi connectivity index (χ0n) is 14.8. The minimum Gasteiger partial charge on any atom is -0.399 e. The molecule has 0 bridgehead atoms. The summed E-state index contributed by atoms with van der Waals surface area (Å²) in [5.74, 6) is -0.151. The largest absolute Gasteiger partial charge is 0.494 e. The van der Waals surface area contributed by atoms with Crippen LogP contribution < -0.4 is 10.8 Å². The van der Waals surface area contributed by atoms with Crippen LogP contribution in [-0.2, 0) is 9.31 Å². The van der Waals surface area contributed by atoms with Gasteiger partial charge in [-0.05, 0) is 64.6 Å². The lowest BCUT2D eigenvalue weighted by atomic mass is 9.79. The fourth-order valence-electron chi connectivity index (χ4n) is 3.13. The molecule has 1 aromatic rings. The van der Waals surface area contributed by atoms with Crippen molar-refractivity contribution in [2.75, 3.05) is 0 Å². The van der Waals surface area contributed by atoms with Crippen molar-refractivity contribution in [2.24, 2.45) is 0 Å². The molecule has 2 fully saturated rings. The van der Waals surface area contributed by atoms with E-state index in [9.17, 15) is 9.90 Å². The van der Waals surface area contributed by atoms with Gasteiger partial charge < -0.3 is 19.7 Å². The molecule has 0 unspecified atom stereocenters. The number of carbonyl (C=O) groups is 1. The second kappa shape index (κ2) is 6.17. The van der Waals surface area contributed by atoms with Crippen LogP contribution in [0.3, 0.4) is 0 Å². The quantitative estimate of drug-likeness (QED) is 0.826. The van der Waals surface area contributed by atoms with Gasteiger partial charge in [-0.25, -0.2) is 0 Å². The second-order valence-corrected chi connectivity index (χ2v) is 7.79. The topological polar surface area (TPSA) is 67.8 Å². The molecule has 1 aliphatic carbocycles. The van der Waals surface area contributed by atoms with Crippen molar-refractivity contribution in [3.8, 4) is 0 Å². The van der Waals surface area contributed by atoms with E-state index in [0.717, 1.165) is 24.7 Å². The highest BCUT2D eigenvalue weighted by molar-refractivity contribution is 6.62. The van der Waals surface area contributed by atoms with E-state index < -0.39 is 13.2 Å². The maximum absolute atomic E-state index is 12.3. The van der Waals surface area contributed by atoms with Crippen molar-refractivity contribution in [1.82, 2.24) is 5.32 Å². The first-order chi connectivity index (χ1) is 11.2. The summed E-state index contributed by atoms with van der Waals surface area (Å²) in [6.07, 6.45) is 2.11. The molecule has 1 saturated carbocycles. The lowest BCUT2D eigenvalue weighted by Crippen LogP contribution is -2.41. The van der Waals surface area contributed by atoms with Gasteiger partial charge >= 0.3 is 7.12 Å². The first-order valence-electron chi connectivity index (χ1n) is 8.64. The molecule has 1 heterocycles. The molecule has 1 saturated heterocycles. The SMILES string of the molecule is CC1(C)OB(c2ccc(C(=O)N[C@@H]3CCC[C@H]3O)cc2)OC1(C)C. The Bertz CT molecular complexity index is 598. The Balaban J connectivity index is 1.67. The summed E-state index contributed by atoms with van der Waals surface area (Å²) in [5.41, 5.74) is 0.707. The summed E-state index contributed by atoms with van der Waals surface area (Å²) in [6.45, 7) is 8.06. The van der Waals surface area contributed by atoms with Gasteiger partial charge in [-0.1, -0.05) is 12.1 Å². The van der Waals surface area contributed by atoms with E-state index >= 15 is 0 Å². The summed E-state index contributed by atoms with van der Waals surface area (Å²) in [4.78, 5) is 12.3. The number of hydrogen-bond acceptors (Lipinski definition) is 4. The van der Waals surface area contributed by atoms with Crippen LogP contribution in [0, 0.1) is 0 Å². The van der Waals surface area contributed by atoms with Crippen LogP contribution in [0.15, 0.2) is 24.3 Å². The third kappa shape index (κ3) is 3.23. The van der Waals surface area contributed by atoms with Crippen LogP contribution in [0.5, 0.6) is 0 Å². The third-order valence-corrected chi connectivity index (χ3v) is 5.49. The number of carbonyl (C=O) groups excluding carboxylic acids is 1. The summed E-state index contributed by atoms with van der Waals surface area (Å²) in [7, 11) is -0.427. The molecule has 0 radical (unpaired) electrons. The van der Waals surface area contributed by atoms with Gasteiger partial charge in [0, 0.05) is 5.56 Å². The van der Waals surface area contributed by atoms with Crippen molar-refractivity contribution in [3.05, 3.63) is 29.8 Å². The first kappa shape index (κ1) is 17.5. The number of nitrogens with one attached hydrogen (secondary N) is 1. The number of benzene rings is 1. The minimum atomic E-state index is -0.432. The number of aliphatic hydroxyl groups excluding tert-OH is 1. The van der Waals surface area contributed by atoms with Crippen LogP contribution in [-0.4, -0.2) is 41.5 Å². The third-order valence-electron chi connectivity index (χ3n) is 5.49. The highest BCUT2D eigenvalue weighted by Crippen LogP contribution is 2.36. The molecule has 0 aromatic heterocycles. The van der Waals surface area contributed by atoms with E-state index in [1.807, 2.05) is 39.8 Å². The van der Waals surface area contributed by atoms with Gasteiger partial charge in [0.2, 0.25) is 0 Å². The molecular formula is C18H26BNO4. The normalized spacial score (nSPS) is 28.1. The average molecular weight is 331 g/mol. The van der Waals surface area contributed by atoms with Crippen LogP contribution in [0.25, 0.3) is 0 Å². The van der Waals surface area contributed by atoms with E-state index in [1.54, 1.807) is 12.1 Å². The molecular weight excluding hydrogens is 305 g/mol. The Labute approximate surface area is 143 Å². The number of rotatable bonds is 3. The van der Waals surface area contributed by atoms with E-state index in [-0.39, 0.29) is 23.2 Å².